The third-order valence-electron chi connectivity index (χ3n) is 4.96. The Morgan fingerprint density at radius 3 is 2.50 bits per heavy atom. The quantitative estimate of drug-likeness (QED) is 0.483. The molecule has 2 heterocycles. The number of hydrogen-bond acceptors (Lipinski definition) is 6. The number of aromatic nitrogens is 1. The number of amides is 2. The molecule has 9 nitrogen and oxygen atoms in total. The van der Waals surface area contributed by atoms with Crippen LogP contribution >= 0.6 is 0 Å². The van der Waals surface area contributed by atoms with Gasteiger partial charge >= 0.3 is 5.97 Å². The number of hydrogen-bond donors (Lipinski definition) is 4. The molecule has 1 aliphatic heterocycles. The Labute approximate surface area is 181 Å². The van der Waals surface area contributed by atoms with Gasteiger partial charge in [0.05, 0.1) is 16.9 Å². The number of nitrogens with two attached hydrogens (primary N) is 1. The fourth-order valence-electron chi connectivity index (χ4n) is 3.63. The molecule has 32 heavy (non-hydrogen) atoms. The molecule has 5 N–H and O–H groups in total. The van der Waals surface area contributed by atoms with Gasteiger partial charge in [0.15, 0.2) is 5.82 Å². The zero-order valence-corrected chi connectivity index (χ0v) is 16.8. The molecule has 0 saturated heterocycles. The molecule has 1 aromatic heterocycles. The Morgan fingerprint density at radius 2 is 1.88 bits per heavy atom. The van der Waals surface area contributed by atoms with Crippen LogP contribution in [0.2, 0.25) is 0 Å². The minimum Gasteiger partial charge on any atom is -0.478 e. The molecule has 2 amide bonds. The van der Waals surface area contributed by atoms with E-state index in [1.54, 1.807) is 23.1 Å². The molecule has 0 aliphatic carbocycles. The molecule has 1 atom stereocenters. The van der Waals surface area contributed by atoms with Crippen molar-refractivity contribution in [1.82, 2.24) is 4.98 Å². The van der Waals surface area contributed by atoms with Gasteiger partial charge in [-0.1, -0.05) is 12.1 Å². The van der Waals surface area contributed by atoms with E-state index in [0.29, 0.717) is 17.1 Å². The summed E-state index contributed by atoms with van der Waals surface area (Å²) in [5.41, 5.74) is 7.03. The van der Waals surface area contributed by atoms with Crippen LogP contribution in [0.5, 0.6) is 0 Å². The van der Waals surface area contributed by atoms with Crippen molar-refractivity contribution in [2.45, 2.75) is 13.1 Å². The summed E-state index contributed by atoms with van der Waals surface area (Å²) in [5, 5.41) is 15.6. The van der Waals surface area contributed by atoms with Crippen LogP contribution in [0.15, 0.2) is 54.7 Å². The van der Waals surface area contributed by atoms with E-state index in [4.69, 9.17) is 5.73 Å². The SMILES string of the molecule is CC(=O)Nc1cc(C(N)=O)ccc1N1c2c(C(=O)O)ccnc2NC1c1ccc(F)cc1. The van der Waals surface area contributed by atoms with Crippen molar-refractivity contribution in [3.05, 3.63) is 77.2 Å². The van der Waals surface area contributed by atoms with Gasteiger partial charge < -0.3 is 26.4 Å². The number of carboxylic acids is 1. The molecule has 3 aromatic rings. The van der Waals surface area contributed by atoms with Gasteiger partial charge in [-0.05, 0) is 42.0 Å². The molecule has 0 radical (unpaired) electrons. The van der Waals surface area contributed by atoms with Gasteiger partial charge in [-0.3, -0.25) is 9.59 Å². The van der Waals surface area contributed by atoms with E-state index in [1.807, 2.05) is 0 Å². The molecule has 162 valence electrons. The molecule has 0 bridgehead atoms. The van der Waals surface area contributed by atoms with Crippen LogP contribution in [0.25, 0.3) is 0 Å². The van der Waals surface area contributed by atoms with Gasteiger partial charge in [0, 0.05) is 18.7 Å². The standard InChI is InChI=1S/C22H18FN5O4/c1-11(29)26-16-10-13(19(24)30)4-7-17(16)28-18-15(22(31)32)8-9-25-20(18)27-21(28)12-2-5-14(23)6-3-12/h2-10,21H,1H3,(H2,24,30)(H,25,27)(H,26,29)(H,31,32). The fourth-order valence-corrected chi connectivity index (χ4v) is 3.63. The van der Waals surface area contributed by atoms with Crippen LogP contribution in [-0.2, 0) is 4.79 Å². The first-order valence-corrected chi connectivity index (χ1v) is 9.51. The van der Waals surface area contributed by atoms with Crippen LogP contribution in [0.4, 0.5) is 27.3 Å². The zero-order chi connectivity index (χ0) is 23.0. The summed E-state index contributed by atoms with van der Waals surface area (Å²) < 4.78 is 13.5. The normalized spacial score (nSPS) is 14.4. The van der Waals surface area contributed by atoms with Gasteiger partial charge in [0.1, 0.15) is 17.7 Å². The second-order valence-electron chi connectivity index (χ2n) is 7.11. The van der Waals surface area contributed by atoms with Crippen LogP contribution < -0.4 is 21.3 Å². The van der Waals surface area contributed by atoms with Crippen LogP contribution in [-0.4, -0.2) is 27.9 Å². The average molecular weight is 435 g/mol. The summed E-state index contributed by atoms with van der Waals surface area (Å²) in [6.07, 6.45) is 0.691. The first-order valence-electron chi connectivity index (χ1n) is 9.51. The lowest BCUT2D eigenvalue weighted by atomic mass is 10.1. The number of pyridine rings is 1. The maximum Gasteiger partial charge on any atom is 0.338 e. The predicted octanol–water partition coefficient (Wildman–Crippen LogP) is 3.24. The Hall–Kier alpha value is -4.47. The van der Waals surface area contributed by atoms with Crippen LogP contribution in [0, 0.1) is 5.82 Å². The van der Waals surface area contributed by atoms with Crippen LogP contribution in [0.3, 0.4) is 0 Å². The highest BCUT2D eigenvalue weighted by Crippen LogP contribution is 2.49. The van der Waals surface area contributed by atoms with E-state index in [1.165, 1.54) is 43.5 Å². The second-order valence-corrected chi connectivity index (χ2v) is 7.11. The summed E-state index contributed by atoms with van der Waals surface area (Å²) >= 11 is 0. The van der Waals surface area contributed by atoms with Crippen molar-refractivity contribution in [3.8, 4) is 0 Å². The molecule has 4 rings (SSSR count). The van der Waals surface area contributed by atoms with Crippen molar-refractivity contribution < 1.29 is 23.9 Å². The van der Waals surface area contributed by atoms with Crippen LogP contribution in [0.1, 0.15) is 39.4 Å². The molecular formula is C22H18FN5O4. The lowest BCUT2D eigenvalue weighted by Gasteiger charge is -2.29. The van der Waals surface area contributed by atoms with E-state index in [0.717, 1.165) is 0 Å². The molecule has 10 heteroatoms. The fraction of sp³-hybridized carbons (Fsp3) is 0.0909. The van der Waals surface area contributed by atoms with E-state index >= 15 is 0 Å². The number of carbonyl (C=O) groups excluding carboxylic acids is 2. The number of fused-ring (bicyclic) bond motifs is 1. The molecule has 1 aliphatic rings. The molecule has 0 fully saturated rings. The first kappa shape index (κ1) is 20.8. The van der Waals surface area contributed by atoms with Crippen molar-refractivity contribution in [3.63, 3.8) is 0 Å². The second kappa shape index (κ2) is 7.99. The van der Waals surface area contributed by atoms with E-state index in [-0.39, 0.29) is 22.5 Å². The lowest BCUT2D eigenvalue weighted by molar-refractivity contribution is -0.114. The molecular weight excluding hydrogens is 417 g/mol. The predicted molar refractivity (Wildman–Crippen MR) is 115 cm³/mol. The van der Waals surface area contributed by atoms with E-state index < -0.39 is 29.8 Å². The lowest BCUT2D eigenvalue weighted by Crippen LogP contribution is -2.26. The maximum absolute atomic E-state index is 13.5. The first-order chi connectivity index (χ1) is 15.3. The summed E-state index contributed by atoms with van der Waals surface area (Å²) in [6, 6.07) is 11.5. The monoisotopic (exact) mass is 435 g/mol. The summed E-state index contributed by atoms with van der Waals surface area (Å²) in [7, 11) is 0. The minimum atomic E-state index is -1.18. The molecule has 0 saturated carbocycles. The number of carboxylic acid groups (broad SMARTS) is 1. The number of anilines is 4. The Balaban J connectivity index is 1.96. The van der Waals surface area contributed by atoms with Gasteiger partial charge in [-0.25, -0.2) is 14.2 Å². The summed E-state index contributed by atoms with van der Waals surface area (Å²) in [5.74, 6) is -2.39. The number of benzene rings is 2. The van der Waals surface area contributed by atoms with Gasteiger partial charge in [-0.15, -0.1) is 0 Å². The Kier molecular flexibility index (Phi) is 5.19. The highest BCUT2D eigenvalue weighted by atomic mass is 19.1. The van der Waals surface area contributed by atoms with Crippen molar-refractivity contribution in [1.29, 1.82) is 0 Å². The van der Waals surface area contributed by atoms with Crippen molar-refractivity contribution in [2.24, 2.45) is 5.73 Å². The number of primary amides is 1. The van der Waals surface area contributed by atoms with Gasteiger partial charge in [0.2, 0.25) is 11.8 Å². The molecule has 2 aromatic carbocycles. The highest BCUT2D eigenvalue weighted by Gasteiger charge is 2.37. The Bertz CT molecular complexity index is 1250. The van der Waals surface area contributed by atoms with Crippen molar-refractivity contribution in [2.75, 3.05) is 15.5 Å². The topological polar surface area (TPSA) is 138 Å². The third kappa shape index (κ3) is 3.69. The number of aromatic carboxylic acids is 1. The average Bonchev–Trinajstić information content (AvgIpc) is 3.13. The van der Waals surface area contributed by atoms with Gasteiger partial charge in [0.25, 0.3) is 0 Å². The molecule has 1 unspecified atom stereocenters. The highest BCUT2D eigenvalue weighted by molar-refractivity contribution is 6.04. The summed E-state index contributed by atoms with van der Waals surface area (Å²) in [6.45, 7) is 1.30. The maximum atomic E-state index is 13.5. The molecule has 0 spiro atoms. The van der Waals surface area contributed by atoms with Crippen molar-refractivity contribution >= 4 is 40.7 Å². The number of nitrogens with zero attached hydrogens (tertiary/aromatic N) is 2. The zero-order valence-electron chi connectivity index (χ0n) is 16.8. The van der Waals surface area contributed by atoms with E-state index in [2.05, 4.69) is 15.6 Å². The number of carbonyl (C=O) groups is 3. The Morgan fingerprint density at radius 1 is 1.16 bits per heavy atom. The number of rotatable bonds is 5. The van der Waals surface area contributed by atoms with E-state index in [9.17, 15) is 23.9 Å². The number of nitrogens with one attached hydrogen (secondary N) is 2. The summed E-state index contributed by atoms with van der Waals surface area (Å²) in [4.78, 5) is 41.4. The third-order valence-corrected chi connectivity index (χ3v) is 4.96. The minimum absolute atomic E-state index is 0.0279. The number of halogens is 1. The smallest absolute Gasteiger partial charge is 0.338 e. The largest absolute Gasteiger partial charge is 0.478 e. The van der Waals surface area contributed by atoms with Gasteiger partial charge in [-0.2, -0.15) is 0 Å².